The van der Waals surface area contributed by atoms with Gasteiger partial charge in [-0.15, -0.1) is 0 Å². The molecular formula is C13H18N2Se. The molecule has 0 aliphatic carbocycles. The third kappa shape index (κ3) is 1.94. The van der Waals surface area contributed by atoms with Crippen molar-refractivity contribution in [1.29, 1.82) is 0 Å². The molecule has 0 saturated heterocycles. The summed E-state index contributed by atoms with van der Waals surface area (Å²) in [5, 5.41) is 0. The van der Waals surface area contributed by atoms with E-state index in [0.717, 1.165) is 16.6 Å². The van der Waals surface area contributed by atoms with Gasteiger partial charge in [0.2, 0.25) is 0 Å². The zero-order valence-electron chi connectivity index (χ0n) is 11.5. The van der Waals surface area contributed by atoms with Gasteiger partial charge in [-0.2, -0.15) is 0 Å². The van der Waals surface area contributed by atoms with E-state index in [1.807, 2.05) is 19.9 Å². The number of nitrogens with zero attached hydrogens (tertiary/aromatic N) is 2. The van der Waals surface area contributed by atoms with Crippen molar-refractivity contribution in [2.24, 2.45) is 0 Å². The van der Waals surface area contributed by atoms with Crippen LogP contribution in [0.15, 0.2) is 12.1 Å². The number of benzene rings is 1. The number of hydrogen-bond acceptors (Lipinski definition) is 2. The molecule has 2 aromatic rings. The van der Waals surface area contributed by atoms with E-state index < -0.39 is 5.89 Å². The predicted molar refractivity (Wildman–Crippen MR) is 69.3 cm³/mol. The molecule has 0 unspecified atom stereocenters. The van der Waals surface area contributed by atoms with Crippen LogP contribution >= 0.6 is 0 Å². The van der Waals surface area contributed by atoms with Crippen LogP contribution in [0.5, 0.6) is 0 Å². The molecule has 16 heavy (non-hydrogen) atoms. The van der Waals surface area contributed by atoms with E-state index >= 15 is 0 Å². The quantitative estimate of drug-likeness (QED) is 0.751. The van der Waals surface area contributed by atoms with Gasteiger partial charge in [-0.1, -0.05) is 0 Å². The molecule has 1 heterocycles. The maximum atomic E-state index is 8.17. The first-order valence-electron chi connectivity index (χ1n) is 5.97. The summed E-state index contributed by atoms with van der Waals surface area (Å²) in [6.45, 7) is 10.4. The van der Waals surface area contributed by atoms with Gasteiger partial charge < -0.3 is 0 Å². The molecule has 2 nitrogen and oxygen atoms in total. The number of fused-ring (bicyclic) bond motifs is 1. The molecule has 86 valence electrons. The SMILES string of the molecule is [2H]C(C)(C)c1ccc(C(C)(C)C)c2n[se]nc12. The van der Waals surface area contributed by atoms with E-state index in [0.29, 0.717) is 0 Å². The van der Waals surface area contributed by atoms with Crippen molar-refractivity contribution in [1.82, 2.24) is 7.96 Å². The van der Waals surface area contributed by atoms with Crippen molar-refractivity contribution in [3.05, 3.63) is 23.3 Å². The van der Waals surface area contributed by atoms with Crippen LogP contribution in [0.1, 0.15) is 53.0 Å². The first-order chi connectivity index (χ1) is 7.71. The fraction of sp³-hybridized carbons (Fsp3) is 0.538. The average Bonchev–Trinajstić information content (AvgIpc) is 2.60. The Morgan fingerprint density at radius 1 is 1.19 bits per heavy atom. The van der Waals surface area contributed by atoms with E-state index in [1.54, 1.807) is 0 Å². The Hall–Kier alpha value is -0.661. The normalized spacial score (nSPS) is 14.2. The molecule has 0 radical (unpaired) electrons. The maximum absolute atomic E-state index is 8.17. The van der Waals surface area contributed by atoms with E-state index in [1.165, 1.54) is 5.56 Å². The van der Waals surface area contributed by atoms with Gasteiger partial charge in [-0.25, -0.2) is 0 Å². The Morgan fingerprint density at radius 3 is 2.38 bits per heavy atom. The van der Waals surface area contributed by atoms with Crippen molar-refractivity contribution in [2.45, 2.75) is 45.9 Å². The molecule has 0 N–H and O–H groups in total. The predicted octanol–water partition coefficient (Wildman–Crippen LogP) is 3.11. The first kappa shape index (κ1) is 10.5. The van der Waals surface area contributed by atoms with Crippen LogP contribution in [-0.2, 0) is 5.41 Å². The van der Waals surface area contributed by atoms with Gasteiger partial charge in [-0.3, -0.25) is 0 Å². The summed E-state index contributed by atoms with van der Waals surface area (Å²) in [4.78, 5) is 0. The molecule has 0 amide bonds. The Balaban J connectivity index is 2.76. The standard InChI is InChI=1S/C13H18N2Se/c1-8(2)9-6-7-10(13(3,4)5)12-11(9)14-16-15-12/h6-8H,1-5H3/i8D. The van der Waals surface area contributed by atoms with E-state index in [9.17, 15) is 0 Å². The summed E-state index contributed by atoms with van der Waals surface area (Å²) >= 11 is -0.0380. The average molecular weight is 282 g/mol. The summed E-state index contributed by atoms with van der Waals surface area (Å²) in [6.07, 6.45) is 0. The van der Waals surface area contributed by atoms with Crippen molar-refractivity contribution < 1.29 is 1.37 Å². The Labute approximate surface area is 105 Å². The molecule has 0 fully saturated rings. The molecule has 3 heteroatoms. The van der Waals surface area contributed by atoms with Crippen LogP contribution in [0.2, 0.25) is 0 Å². The Bertz CT molecular complexity index is 499. The van der Waals surface area contributed by atoms with Crippen LogP contribution < -0.4 is 0 Å². The zero-order chi connectivity index (χ0) is 12.8. The molecule has 2 rings (SSSR count). The summed E-state index contributed by atoms with van der Waals surface area (Å²) in [5.74, 6) is -0.611. The third-order valence-corrected chi connectivity index (χ3v) is 3.87. The number of hydrogen-bond donors (Lipinski definition) is 0. The van der Waals surface area contributed by atoms with Gasteiger partial charge >= 0.3 is 105 Å². The third-order valence-electron chi connectivity index (χ3n) is 2.76. The molecule has 0 atom stereocenters. The van der Waals surface area contributed by atoms with E-state index in [4.69, 9.17) is 1.37 Å². The second kappa shape index (κ2) is 3.97. The van der Waals surface area contributed by atoms with E-state index in [-0.39, 0.29) is 20.4 Å². The number of aromatic nitrogens is 2. The van der Waals surface area contributed by atoms with Crippen LogP contribution in [0, 0.1) is 0 Å². The van der Waals surface area contributed by atoms with Gasteiger partial charge in [-0.05, 0) is 0 Å². The summed E-state index contributed by atoms with van der Waals surface area (Å²) in [7, 11) is 0. The second-order valence-electron chi connectivity index (χ2n) is 5.37. The minimum atomic E-state index is -0.611. The van der Waals surface area contributed by atoms with Crippen molar-refractivity contribution in [3.63, 3.8) is 0 Å². The van der Waals surface area contributed by atoms with Gasteiger partial charge in [0, 0.05) is 0 Å². The van der Waals surface area contributed by atoms with Gasteiger partial charge in [0.1, 0.15) is 0 Å². The fourth-order valence-electron chi connectivity index (χ4n) is 1.88. The van der Waals surface area contributed by atoms with Gasteiger partial charge in [0.25, 0.3) is 0 Å². The monoisotopic (exact) mass is 283 g/mol. The minimum absolute atomic E-state index is 0.0380. The van der Waals surface area contributed by atoms with Crippen LogP contribution in [0.4, 0.5) is 0 Å². The van der Waals surface area contributed by atoms with Crippen molar-refractivity contribution in [2.75, 3.05) is 0 Å². The Kier molecular flexibility index (Phi) is 2.61. The summed E-state index contributed by atoms with van der Waals surface area (Å²) in [5.41, 5.74) is 4.29. The second-order valence-corrected chi connectivity index (χ2v) is 6.48. The van der Waals surface area contributed by atoms with Gasteiger partial charge in [0.15, 0.2) is 0 Å². The van der Waals surface area contributed by atoms with Crippen molar-refractivity contribution in [3.8, 4) is 0 Å². The molecule has 0 aliphatic heterocycles. The number of rotatable bonds is 1. The molecule has 0 saturated carbocycles. The molecular weight excluding hydrogens is 263 g/mol. The molecule has 0 aliphatic rings. The van der Waals surface area contributed by atoms with Crippen LogP contribution in [0.3, 0.4) is 0 Å². The topological polar surface area (TPSA) is 25.8 Å². The Morgan fingerprint density at radius 2 is 1.81 bits per heavy atom. The fourth-order valence-corrected chi connectivity index (χ4v) is 3.08. The molecule has 0 bridgehead atoms. The molecule has 1 aromatic carbocycles. The van der Waals surface area contributed by atoms with Crippen molar-refractivity contribution >= 4 is 26.0 Å². The summed E-state index contributed by atoms with van der Waals surface area (Å²) in [6, 6.07) is 4.16. The van der Waals surface area contributed by atoms with Gasteiger partial charge in [0.05, 0.1) is 0 Å². The summed E-state index contributed by atoms with van der Waals surface area (Å²) < 4.78 is 17.2. The molecule has 0 spiro atoms. The van der Waals surface area contributed by atoms with E-state index in [2.05, 4.69) is 34.8 Å². The van der Waals surface area contributed by atoms with Crippen LogP contribution in [0.25, 0.3) is 11.0 Å². The van der Waals surface area contributed by atoms with Crippen LogP contribution in [-0.4, -0.2) is 22.9 Å². The molecule has 1 aromatic heterocycles. The first-order valence-corrected chi connectivity index (χ1v) is 7.01. The zero-order valence-corrected chi connectivity index (χ0v) is 12.2.